The van der Waals surface area contributed by atoms with Gasteiger partial charge in [0.05, 0.1) is 6.54 Å². The van der Waals surface area contributed by atoms with Crippen LogP contribution in [0.25, 0.3) is 11.4 Å². The SMILES string of the molecule is Fc1ccc(CSc2nnc(-c3cccnc3)n2Cc2ccccc2)c(Br)c1. The number of rotatable bonds is 6. The van der Waals surface area contributed by atoms with Crippen molar-refractivity contribution in [3.63, 3.8) is 0 Å². The highest BCUT2D eigenvalue weighted by Crippen LogP contribution is 2.29. The van der Waals surface area contributed by atoms with Crippen LogP contribution in [0.2, 0.25) is 0 Å². The molecule has 0 spiro atoms. The summed E-state index contributed by atoms with van der Waals surface area (Å²) in [4.78, 5) is 4.20. The summed E-state index contributed by atoms with van der Waals surface area (Å²) in [5.74, 6) is 1.17. The van der Waals surface area contributed by atoms with Gasteiger partial charge in [-0.2, -0.15) is 0 Å². The van der Waals surface area contributed by atoms with Crippen LogP contribution in [0, 0.1) is 5.82 Å². The average molecular weight is 455 g/mol. The van der Waals surface area contributed by atoms with E-state index in [-0.39, 0.29) is 5.82 Å². The van der Waals surface area contributed by atoms with E-state index in [0.29, 0.717) is 12.3 Å². The second kappa shape index (κ2) is 8.67. The van der Waals surface area contributed by atoms with E-state index in [1.807, 2.05) is 30.3 Å². The lowest BCUT2D eigenvalue weighted by Gasteiger charge is -2.11. The monoisotopic (exact) mass is 454 g/mol. The van der Waals surface area contributed by atoms with Crippen molar-refractivity contribution in [1.29, 1.82) is 0 Å². The third kappa shape index (κ3) is 4.31. The van der Waals surface area contributed by atoms with E-state index in [0.717, 1.165) is 32.1 Å². The Balaban J connectivity index is 1.65. The topological polar surface area (TPSA) is 43.6 Å². The van der Waals surface area contributed by atoms with Crippen LogP contribution in [0.3, 0.4) is 0 Å². The lowest BCUT2D eigenvalue weighted by molar-refractivity contribution is 0.626. The molecule has 0 fully saturated rings. The van der Waals surface area contributed by atoms with Gasteiger partial charge in [-0.25, -0.2) is 4.39 Å². The summed E-state index contributed by atoms with van der Waals surface area (Å²) in [6, 6.07) is 18.8. The molecule has 0 radical (unpaired) electrons. The molecule has 0 amide bonds. The van der Waals surface area contributed by atoms with E-state index in [1.54, 1.807) is 30.2 Å². The van der Waals surface area contributed by atoms with Crippen molar-refractivity contribution in [3.8, 4) is 11.4 Å². The first-order chi connectivity index (χ1) is 13.7. The van der Waals surface area contributed by atoms with Crippen LogP contribution in [-0.2, 0) is 12.3 Å². The number of thioether (sulfide) groups is 1. The van der Waals surface area contributed by atoms with Crippen LogP contribution in [-0.4, -0.2) is 19.7 Å². The molecule has 2 aromatic heterocycles. The van der Waals surface area contributed by atoms with Gasteiger partial charge in [0, 0.05) is 28.2 Å². The maximum atomic E-state index is 13.3. The molecule has 4 rings (SSSR count). The lowest BCUT2D eigenvalue weighted by atomic mass is 10.2. The molecule has 0 unspecified atom stereocenters. The molecule has 0 aliphatic rings. The van der Waals surface area contributed by atoms with Gasteiger partial charge < -0.3 is 0 Å². The minimum absolute atomic E-state index is 0.258. The second-order valence-corrected chi connectivity index (χ2v) is 7.94. The molecule has 2 aromatic carbocycles. The molecule has 0 aliphatic carbocycles. The molecule has 4 nitrogen and oxygen atoms in total. The summed E-state index contributed by atoms with van der Waals surface area (Å²) in [7, 11) is 0. The van der Waals surface area contributed by atoms with Crippen LogP contribution in [0.4, 0.5) is 4.39 Å². The first-order valence-electron chi connectivity index (χ1n) is 8.65. The summed E-state index contributed by atoms with van der Waals surface area (Å²) >= 11 is 5.00. The van der Waals surface area contributed by atoms with Gasteiger partial charge in [0.25, 0.3) is 0 Å². The predicted octanol–water partition coefficient (Wildman–Crippen LogP) is 5.58. The minimum atomic E-state index is -0.258. The van der Waals surface area contributed by atoms with Crippen LogP contribution >= 0.6 is 27.7 Å². The Morgan fingerprint density at radius 3 is 2.61 bits per heavy atom. The third-order valence-electron chi connectivity index (χ3n) is 4.19. The van der Waals surface area contributed by atoms with Crippen LogP contribution in [0.1, 0.15) is 11.1 Å². The van der Waals surface area contributed by atoms with Gasteiger partial charge in [0.2, 0.25) is 0 Å². The van der Waals surface area contributed by atoms with Crippen LogP contribution < -0.4 is 0 Å². The Morgan fingerprint density at radius 1 is 1.00 bits per heavy atom. The van der Waals surface area contributed by atoms with Gasteiger partial charge in [0.1, 0.15) is 5.82 Å². The van der Waals surface area contributed by atoms with Crippen molar-refractivity contribution < 1.29 is 4.39 Å². The zero-order valence-electron chi connectivity index (χ0n) is 14.8. The molecular weight excluding hydrogens is 439 g/mol. The number of pyridine rings is 1. The van der Waals surface area contributed by atoms with E-state index in [9.17, 15) is 4.39 Å². The Labute approximate surface area is 175 Å². The van der Waals surface area contributed by atoms with Crippen molar-refractivity contribution in [2.24, 2.45) is 0 Å². The van der Waals surface area contributed by atoms with Crippen LogP contribution in [0.5, 0.6) is 0 Å². The predicted molar refractivity (Wildman–Crippen MR) is 112 cm³/mol. The van der Waals surface area contributed by atoms with Crippen molar-refractivity contribution >= 4 is 27.7 Å². The minimum Gasteiger partial charge on any atom is -0.297 e. The standard InChI is InChI=1S/C21H16BrFN4S/c22-19-11-18(23)9-8-17(19)14-28-21-26-25-20(16-7-4-10-24-12-16)27(21)13-15-5-2-1-3-6-15/h1-12H,13-14H2. The van der Waals surface area contributed by atoms with Crippen molar-refractivity contribution in [2.75, 3.05) is 0 Å². The quantitative estimate of drug-likeness (QED) is 0.356. The number of aromatic nitrogens is 4. The van der Waals surface area contributed by atoms with Gasteiger partial charge >= 0.3 is 0 Å². The molecule has 140 valence electrons. The fraction of sp³-hybridized carbons (Fsp3) is 0.0952. The molecular formula is C21H16BrFN4S. The number of nitrogens with zero attached hydrogens (tertiary/aromatic N) is 4. The molecule has 4 aromatic rings. The van der Waals surface area contributed by atoms with E-state index in [2.05, 4.69) is 47.8 Å². The maximum absolute atomic E-state index is 13.3. The summed E-state index contributed by atoms with van der Waals surface area (Å²) in [5.41, 5.74) is 3.08. The largest absolute Gasteiger partial charge is 0.297 e. The zero-order valence-corrected chi connectivity index (χ0v) is 17.2. The van der Waals surface area contributed by atoms with E-state index in [1.165, 1.54) is 12.1 Å². The van der Waals surface area contributed by atoms with E-state index >= 15 is 0 Å². The van der Waals surface area contributed by atoms with Gasteiger partial charge in [-0.3, -0.25) is 9.55 Å². The number of halogens is 2. The zero-order chi connectivity index (χ0) is 19.3. The van der Waals surface area contributed by atoms with Crippen LogP contribution in [0.15, 0.2) is 82.7 Å². The highest BCUT2D eigenvalue weighted by Gasteiger charge is 2.15. The van der Waals surface area contributed by atoms with Gasteiger partial charge in [0.15, 0.2) is 11.0 Å². The fourth-order valence-electron chi connectivity index (χ4n) is 2.79. The molecule has 0 aliphatic heterocycles. The normalized spacial score (nSPS) is 10.9. The molecule has 0 atom stereocenters. The summed E-state index contributed by atoms with van der Waals surface area (Å²) in [6.07, 6.45) is 3.53. The van der Waals surface area contributed by atoms with E-state index in [4.69, 9.17) is 0 Å². The molecule has 28 heavy (non-hydrogen) atoms. The molecule has 7 heteroatoms. The van der Waals surface area contributed by atoms with Gasteiger partial charge in [-0.1, -0.05) is 64.1 Å². The fourth-order valence-corrected chi connectivity index (χ4v) is 4.41. The Morgan fingerprint density at radius 2 is 1.86 bits per heavy atom. The molecule has 0 bridgehead atoms. The van der Waals surface area contributed by atoms with Crippen molar-refractivity contribution in [1.82, 2.24) is 19.7 Å². The highest BCUT2D eigenvalue weighted by atomic mass is 79.9. The Kier molecular flexibility index (Phi) is 5.83. The number of hydrogen-bond donors (Lipinski definition) is 0. The van der Waals surface area contributed by atoms with Crippen molar-refractivity contribution in [2.45, 2.75) is 17.5 Å². The second-order valence-electron chi connectivity index (χ2n) is 6.14. The Hall–Kier alpha value is -2.51. The average Bonchev–Trinajstić information content (AvgIpc) is 3.11. The van der Waals surface area contributed by atoms with Gasteiger partial charge in [-0.05, 0) is 35.4 Å². The first kappa shape index (κ1) is 18.8. The number of benzene rings is 2. The summed E-state index contributed by atoms with van der Waals surface area (Å²) < 4.78 is 16.2. The Bertz CT molecular complexity index is 1070. The molecule has 2 heterocycles. The number of hydrogen-bond acceptors (Lipinski definition) is 4. The maximum Gasteiger partial charge on any atom is 0.192 e. The van der Waals surface area contributed by atoms with Crippen molar-refractivity contribution in [3.05, 3.63) is 94.5 Å². The van der Waals surface area contributed by atoms with Gasteiger partial charge in [-0.15, -0.1) is 10.2 Å². The summed E-state index contributed by atoms with van der Waals surface area (Å²) in [6.45, 7) is 0.658. The first-order valence-corrected chi connectivity index (χ1v) is 10.4. The lowest BCUT2D eigenvalue weighted by Crippen LogP contribution is -2.04. The highest BCUT2D eigenvalue weighted by molar-refractivity contribution is 9.10. The molecule has 0 N–H and O–H groups in total. The smallest absolute Gasteiger partial charge is 0.192 e. The van der Waals surface area contributed by atoms with E-state index < -0.39 is 0 Å². The molecule has 0 saturated heterocycles. The summed E-state index contributed by atoms with van der Waals surface area (Å²) in [5, 5.41) is 9.63. The molecule has 0 saturated carbocycles. The third-order valence-corrected chi connectivity index (χ3v) is 5.95.